The summed E-state index contributed by atoms with van der Waals surface area (Å²) >= 11 is 0. The summed E-state index contributed by atoms with van der Waals surface area (Å²) in [4.78, 5) is 27.8. The maximum atomic E-state index is 12.8. The lowest BCUT2D eigenvalue weighted by Gasteiger charge is -2.26. The van der Waals surface area contributed by atoms with Crippen LogP contribution in [0.2, 0.25) is 0 Å². The SMILES string of the molecule is Cn1cnc(C(=O)N2CCC[C@H]2C(F)(F)F)cc1=O. The van der Waals surface area contributed by atoms with Crippen molar-refractivity contribution in [2.24, 2.45) is 7.05 Å². The molecule has 1 aromatic rings. The molecule has 8 heteroatoms. The van der Waals surface area contributed by atoms with E-state index in [4.69, 9.17) is 0 Å². The Morgan fingerprint density at radius 3 is 2.74 bits per heavy atom. The third kappa shape index (κ3) is 2.61. The van der Waals surface area contributed by atoms with E-state index < -0.39 is 23.7 Å². The van der Waals surface area contributed by atoms with Gasteiger partial charge in [-0.1, -0.05) is 0 Å². The summed E-state index contributed by atoms with van der Waals surface area (Å²) in [5, 5.41) is 0. The number of aromatic nitrogens is 2. The number of aryl methyl sites for hydroxylation is 1. The predicted octanol–water partition coefficient (Wildman–Crippen LogP) is 0.947. The molecule has 2 heterocycles. The number of carbonyl (C=O) groups excluding carboxylic acids is 1. The highest BCUT2D eigenvalue weighted by atomic mass is 19.4. The fraction of sp³-hybridized carbons (Fsp3) is 0.545. The van der Waals surface area contributed by atoms with Crippen molar-refractivity contribution >= 4 is 5.91 Å². The average Bonchev–Trinajstić information content (AvgIpc) is 2.80. The molecule has 1 amide bonds. The molecule has 0 aliphatic carbocycles. The van der Waals surface area contributed by atoms with Gasteiger partial charge in [-0.15, -0.1) is 0 Å². The lowest BCUT2D eigenvalue weighted by Crippen LogP contribution is -2.45. The highest BCUT2D eigenvalue weighted by Gasteiger charge is 2.48. The van der Waals surface area contributed by atoms with E-state index in [-0.39, 0.29) is 18.7 Å². The quantitative estimate of drug-likeness (QED) is 0.766. The summed E-state index contributed by atoms with van der Waals surface area (Å²) in [5.41, 5.74) is -0.736. The molecule has 0 saturated carbocycles. The van der Waals surface area contributed by atoms with Crippen molar-refractivity contribution in [1.29, 1.82) is 0 Å². The van der Waals surface area contributed by atoms with Gasteiger partial charge in [0.25, 0.3) is 11.5 Å². The predicted molar refractivity (Wildman–Crippen MR) is 59.6 cm³/mol. The second-order valence-electron chi connectivity index (χ2n) is 4.42. The van der Waals surface area contributed by atoms with Gasteiger partial charge in [-0.05, 0) is 12.8 Å². The van der Waals surface area contributed by atoms with Gasteiger partial charge in [0.1, 0.15) is 11.7 Å². The Bertz CT molecular complexity index is 553. The van der Waals surface area contributed by atoms with Gasteiger partial charge in [0.05, 0.1) is 6.33 Å². The van der Waals surface area contributed by atoms with Crippen LogP contribution in [0.4, 0.5) is 13.2 Å². The van der Waals surface area contributed by atoms with Crippen LogP contribution in [0.15, 0.2) is 17.2 Å². The number of likely N-dealkylation sites (tertiary alicyclic amines) is 1. The van der Waals surface area contributed by atoms with Crippen LogP contribution in [-0.2, 0) is 7.05 Å². The maximum absolute atomic E-state index is 12.8. The van der Waals surface area contributed by atoms with E-state index in [9.17, 15) is 22.8 Å². The van der Waals surface area contributed by atoms with E-state index in [0.717, 1.165) is 21.9 Å². The molecule has 1 fully saturated rings. The number of carbonyl (C=O) groups is 1. The van der Waals surface area contributed by atoms with Gasteiger partial charge in [0, 0.05) is 19.7 Å². The normalized spacial score (nSPS) is 19.8. The molecule has 0 bridgehead atoms. The number of alkyl halides is 3. The number of amides is 1. The zero-order valence-electron chi connectivity index (χ0n) is 10.1. The van der Waals surface area contributed by atoms with Crippen molar-refractivity contribution in [1.82, 2.24) is 14.5 Å². The minimum absolute atomic E-state index is 0.0277. The average molecular weight is 275 g/mol. The first-order chi connectivity index (χ1) is 8.80. The molecule has 0 radical (unpaired) electrons. The number of hydrogen-bond acceptors (Lipinski definition) is 3. The second-order valence-corrected chi connectivity index (χ2v) is 4.42. The van der Waals surface area contributed by atoms with Crippen LogP contribution in [0.5, 0.6) is 0 Å². The molecule has 0 unspecified atom stereocenters. The Labute approximate surface area is 106 Å². The third-order valence-corrected chi connectivity index (χ3v) is 3.09. The Balaban J connectivity index is 2.28. The van der Waals surface area contributed by atoms with E-state index in [0.29, 0.717) is 6.42 Å². The number of halogens is 3. The van der Waals surface area contributed by atoms with Crippen molar-refractivity contribution in [3.05, 3.63) is 28.4 Å². The van der Waals surface area contributed by atoms with E-state index in [2.05, 4.69) is 4.98 Å². The van der Waals surface area contributed by atoms with E-state index in [1.807, 2.05) is 0 Å². The van der Waals surface area contributed by atoms with Crippen LogP contribution in [0.3, 0.4) is 0 Å². The first-order valence-electron chi connectivity index (χ1n) is 5.71. The summed E-state index contributed by atoms with van der Waals surface area (Å²) in [6.07, 6.45) is -3.15. The molecule has 0 spiro atoms. The van der Waals surface area contributed by atoms with Gasteiger partial charge in [0.15, 0.2) is 0 Å². The molecule has 104 valence electrons. The maximum Gasteiger partial charge on any atom is 0.408 e. The first-order valence-corrected chi connectivity index (χ1v) is 5.71. The Kier molecular flexibility index (Phi) is 3.34. The fourth-order valence-corrected chi connectivity index (χ4v) is 2.08. The largest absolute Gasteiger partial charge is 0.408 e. The molecule has 1 aromatic heterocycles. The molecule has 1 aliphatic rings. The number of hydrogen-bond donors (Lipinski definition) is 0. The summed E-state index contributed by atoms with van der Waals surface area (Å²) < 4.78 is 39.4. The minimum atomic E-state index is -4.45. The van der Waals surface area contributed by atoms with Gasteiger partial charge in [-0.3, -0.25) is 9.59 Å². The van der Waals surface area contributed by atoms with Crippen LogP contribution in [0.25, 0.3) is 0 Å². The monoisotopic (exact) mass is 275 g/mol. The van der Waals surface area contributed by atoms with Gasteiger partial charge in [0.2, 0.25) is 0 Å². The van der Waals surface area contributed by atoms with Gasteiger partial charge in [-0.25, -0.2) is 4.98 Å². The summed E-state index contributed by atoms with van der Waals surface area (Å²) in [6.45, 7) is 0.0277. The highest BCUT2D eigenvalue weighted by molar-refractivity contribution is 5.92. The molecule has 1 aliphatic heterocycles. The molecular formula is C11H12F3N3O2. The Morgan fingerprint density at radius 2 is 2.16 bits per heavy atom. The van der Waals surface area contributed by atoms with Crippen LogP contribution >= 0.6 is 0 Å². The van der Waals surface area contributed by atoms with E-state index in [1.165, 1.54) is 7.05 Å². The van der Waals surface area contributed by atoms with Gasteiger partial charge in [-0.2, -0.15) is 13.2 Å². The van der Waals surface area contributed by atoms with Gasteiger partial charge >= 0.3 is 6.18 Å². The number of nitrogens with zero attached hydrogens (tertiary/aromatic N) is 3. The molecule has 1 atom stereocenters. The smallest absolute Gasteiger partial charge is 0.325 e. The zero-order chi connectivity index (χ0) is 14.2. The lowest BCUT2D eigenvalue weighted by atomic mass is 10.2. The molecule has 19 heavy (non-hydrogen) atoms. The van der Waals surface area contributed by atoms with E-state index in [1.54, 1.807) is 0 Å². The summed E-state index contributed by atoms with van der Waals surface area (Å²) in [5.74, 6) is -0.850. The van der Waals surface area contributed by atoms with Gasteiger partial charge < -0.3 is 9.47 Å². The molecule has 0 aromatic carbocycles. The van der Waals surface area contributed by atoms with Crippen LogP contribution in [0, 0.1) is 0 Å². The molecule has 5 nitrogen and oxygen atoms in total. The standard InChI is InChI=1S/C11H12F3N3O2/c1-16-6-15-7(5-9(16)18)10(19)17-4-2-3-8(17)11(12,13)14/h5-6,8H,2-4H2,1H3/t8-/m0/s1. The molecule has 0 N–H and O–H groups in total. The topological polar surface area (TPSA) is 55.2 Å². The summed E-state index contributed by atoms with van der Waals surface area (Å²) in [7, 11) is 1.44. The van der Waals surface area contributed by atoms with E-state index >= 15 is 0 Å². The lowest BCUT2D eigenvalue weighted by molar-refractivity contribution is -0.169. The minimum Gasteiger partial charge on any atom is -0.325 e. The van der Waals surface area contributed by atoms with Crippen molar-refractivity contribution in [2.45, 2.75) is 25.1 Å². The third-order valence-electron chi connectivity index (χ3n) is 3.09. The zero-order valence-corrected chi connectivity index (χ0v) is 10.1. The number of rotatable bonds is 1. The molecule has 1 saturated heterocycles. The van der Waals surface area contributed by atoms with Crippen LogP contribution in [0.1, 0.15) is 23.3 Å². The van der Waals surface area contributed by atoms with Crippen molar-refractivity contribution in [3.63, 3.8) is 0 Å². The summed E-state index contributed by atoms with van der Waals surface area (Å²) in [6, 6.07) is -0.834. The van der Waals surface area contributed by atoms with Crippen molar-refractivity contribution in [3.8, 4) is 0 Å². The second kappa shape index (κ2) is 4.67. The van der Waals surface area contributed by atoms with Crippen LogP contribution in [-0.4, -0.2) is 39.1 Å². The Hall–Kier alpha value is -1.86. The van der Waals surface area contributed by atoms with Crippen molar-refractivity contribution < 1.29 is 18.0 Å². The first kappa shape index (κ1) is 13.6. The molecule has 2 rings (SSSR count). The molecular weight excluding hydrogens is 263 g/mol. The van der Waals surface area contributed by atoms with Crippen molar-refractivity contribution in [2.75, 3.05) is 6.54 Å². The van der Waals surface area contributed by atoms with Crippen LogP contribution < -0.4 is 5.56 Å². The highest BCUT2D eigenvalue weighted by Crippen LogP contribution is 2.33. The Morgan fingerprint density at radius 1 is 1.47 bits per heavy atom. The fourth-order valence-electron chi connectivity index (χ4n) is 2.08.